The van der Waals surface area contributed by atoms with Crippen molar-refractivity contribution in [1.29, 1.82) is 0 Å². The zero-order valence-corrected chi connectivity index (χ0v) is 20.0. The lowest BCUT2D eigenvalue weighted by Crippen LogP contribution is -2.40. The number of carbonyl (C=O) groups is 1. The van der Waals surface area contributed by atoms with Crippen molar-refractivity contribution in [1.82, 2.24) is 9.29 Å². The number of hydrogen-bond donors (Lipinski definition) is 0. The molecule has 4 rings (SSSR count). The van der Waals surface area contributed by atoms with E-state index >= 15 is 0 Å². The van der Waals surface area contributed by atoms with Crippen molar-refractivity contribution >= 4 is 38.5 Å². The van der Waals surface area contributed by atoms with Crippen LogP contribution in [0.2, 0.25) is 5.15 Å². The lowest BCUT2D eigenvalue weighted by Gasteiger charge is -2.30. The molecule has 0 N–H and O–H groups in total. The zero-order valence-electron chi connectivity index (χ0n) is 18.5. The van der Waals surface area contributed by atoms with Crippen LogP contribution in [-0.2, 0) is 26.2 Å². The molecule has 0 aliphatic carbocycles. The Kier molecular flexibility index (Phi) is 6.88. The highest BCUT2D eigenvalue weighted by atomic mass is 35.5. The summed E-state index contributed by atoms with van der Waals surface area (Å²) in [7, 11) is -1.99. The average Bonchev–Trinajstić information content (AvgIpc) is 2.82. The van der Waals surface area contributed by atoms with E-state index in [0.717, 1.165) is 10.9 Å². The molecule has 0 radical (unpaired) electrons. The standard InChI is InChI=1S/C24H25ClN2O5S/c1-16-3-7-21(8-4-16)33(29,30)27-11-9-17(10-12-27)24(28)32-15-19-13-18-5-6-20(31-2)14-22(18)26-23(19)25/h3-8,13-14,17H,9-12,15H2,1-2H3. The summed E-state index contributed by atoms with van der Waals surface area (Å²) in [5.74, 6) is -0.0276. The van der Waals surface area contributed by atoms with Gasteiger partial charge in [-0.3, -0.25) is 4.79 Å². The van der Waals surface area contributed by atoms with Gasteiger partial charge in [0.2, 0.25) is 10.0 Å². The molecule has 0 spiro atoms. The van der Waals surface area contributed by atoms with E-state index in [1.54, 1.807) is 37.4 Å². The first-order valence-corrected chi connectivity index (χ1v) is 12.5. The Morgan fingerprint density at radius 1 is 1.12 bits per heavy atom. The maximum atomic E-state index is 12.9. The second-order valence-electron chi connectivity index (χ2n) is 8.10. The highest BCUT2D eigenvalue weighted by Crippen LogP contribution is 2.27. The largest absolute Gasteiger partial charge is 0.497 e. The Morgan fingerprint density at radius 3 is 2.48 bits per heavy atom. The summed E-state index contributed by atoms with van der Waals surface area (Å²) in [5.41, 5.74) is 2.30. The third-order valence-corrected chi connectivity index (χ3v) is 8.11. The average molecular weight is 489 g/mol. The predicted octanol–water partition coefficient (Wildman–Crippen LogP) is 4.35. The molecular formula is C24H25ClN2O5S. The Labute approximate surface area is 198 Å². The normalized spacial score (nSPS) is 15.5. The first-order valence-electron chi connectivity index (χ1n) is 10.6. The summed E-state index contributed by atoms with van der Waals surface area (Å²) in [5, 5.41) is 1.13. The molecule has 0 unspecified atom stereocenters. The van der Waals surface area contributed by atoms with Gasteiger partial charge in [0.05, 0.1) is 23.4 Å². The summed E-state index contributed by atoms with van der Waals surface area (Å²) < 4.78 is 37.8. The third kappa shape index (κ3) is 5.13. The maximum absolute atomic E-state index is 12.9. The van der Waals surface area contributed by atoms with Crippen LogP contribution in [0.4, 0.5) is 0 Å². The molecule has 1 saturated heterocycles. The summed E-state index contributed by atoms with van der Waals surface area (Å²) in [6.07, 6.45) is 0.820. The van der Waals surface area contributed by atoms with Crippen molar-refractivity contribution in [3.05, 3.63) is 64.8 Å². The Hall–Kier alpha value is -2.68. The minimum absolute atomic E-state index is 0.00845. The van der Waals surface area contributed by atoms with Crippen LogP contribution in [0.15, 0.2) is 53.4 Å². The van der Waals surface area contributed by atoms with Gasteiger partial charge in [0.15, 0.2) is 0 Å². The second-order valence-corrected chi connectivity index (χ2v) is 10.4. The van der Waals surface area contributed by atoms with Gasteiger partial charge in [0.25, 0.3) is 0 Å². The number of carbonyl (C=O) groups excluding carboxylic acids is 1. The minimum atomic E-state index is -3.57. The van der Waals surface area contributed by atoms with Crippen molar-refractivity contribution in [2.75, 3.05) is 20.2 Å². The third-order valence-electron chi connectivity index (χ3n) is 5.87. The smallest absolute Gasteiger partial charge is 0.309 e. The number of nitrogens with zero attached hydrogens (tertiary/aromatic N) is 2. The highest BCUT2D eigenvalue weighted by Gasteiger charge is 2.32. The van der Waals surface area contributed by atoms with Gasteiger partial charge < -0.3 is 9.47 Å². The van der Waals surface area contributed by atoms with Gasteiger partial charge in [0, 0.05) is 30.1 Å². The molecule has 1 fully saturated rings. The van der Waals surface area contributed by atoms with Gasteiger partial charge in [-0.05, 0) is 50.1 Å². The van der Waals surface area contributed by atoms with Crippen molar-refractivity contribution in [3.8, 4) is 5.75 Å². The van der Waals surface area contributed by atoms with Crippen LogP contribution in [0.1, 0.15) is 24.0 Å². The lowest BCUT2D eigenvalue weighted by molar-refractivity contribution is -0.151. The molecule has 2 aromatic carbocycles. The molecule has 0 atom stereocenters. The number of fused-ring (bicyclic) bond motifs is 1. The number of sulfonamides is 1. The lowest BCUT2D eigenvalue weighted by atomic mass is 9.98. The molecule has 7 nitrogen and oxygen atoms in total. The van der Waals surface area contributed by atoms with E-state index in [1.165, 1.54) is 4.31 Å². The Morgan fingerprint density at radius 2 is 1.82 bits per heavy atom. The number of aryl methyl sites for hydroxylation is 1. The Balaban J connectivity index is 1.36. The minimum Gasteiger partial charge on any atom is -0.497 e. The molecule has 1 aliphatic heterocycles. The molecule has 0 bridgehead atoms. The van der Waals surface area contributed by atoms with Crippen molar-refractivity contribution < 1.29 is 22.7 Å². The van der Waals surface area contributed by atoms with Gasteiger partial charge in [0.1, 0.15) is 17.5 Å². The fourth-order valence-corrected chi connectivity index (χ4v) is 5.52. The molecular weight excluding hydrogens is 464 g/mol. The molecule has 1 aliphatic rings. The van der Waals surface area contributed by atoms with E-state index in [9.17, 15) is 13.2 Å². The first kappa shape index (κ1) is 23.5. The fourth-order valence-electron chi connectivity index (χ4n) is 3.85. The van der Waals surface area contributed by atoms with E-state index in [-0.39, 0.29) is 41.6 Å². The highest BCUT2D eigenvalue weighted by molar-refractivity contribution is 7.89. The van der Waals surface area contributed by atoms with E-state index in [0.29, 0.717) is 29.7 Å². The molecule has 0 saturated carbocycles. The summed E-state index contributed by atoms with van der Waals surface area (Å²) in [6, 6.07) is 14.1. The van der Waals surface area contributed by atoms with Crippen LogP contribution in [0.5, 0.6) is 5.75 Å². The van der Waals surface area contributed by atoms with Crippen molar-refractivity contribution in [2.45, 2.75) is 31.3 Å². The number of piperidine rings is 1. The van der Waals surface area contributed by atoms with E-state index in [2.05, 4.69) is 4.98 Å². The van der Waals surface area contributed by atoms with Gasteiger partial charge >= 0.3 is 5.97 Å². The number of pyridine rings is 1. The SMILES string of the molecule is COc1ccc2cc(COC(=O)C3CCN(S(=O)(=O)c4ccc(C)cc4)CC3)c(Cl)nc2c1. The van der Waals surface area contributed by atoms with Crippen molar-refractivity contribution in [2.24, 2.45) is 5.92 Å². The first-order chi connectivity index (χ1) is 15.8. The number of aromatic nitrogens is 1. The molecule has 2 heterocycles. The quantitative estimate of drug-likeness (QED) is 0.379. The van der Waals surface area contributed by atoms with Crippen molar-refractivity contribution in [3.63, 3.8) is 0 Å². The zero-order chi connectivity index (χ0) is 23.6. The molecule has 3 aromatic rings. The molecule has 33 heavy (non-hydrogen) atoms. The van der Waals surface area contributed by atoms with Crippen LogP contribution in [0, 0.1) is 12.8 Å². The van der Waals surface area contributed by atoms with Gasteiger partial charge in [-0.15, -0.1) is 0 Å². The molecule has 9 heteroatoms. The molecule has 1 aromatic heterocycles. The number of benzene rings is 2. The number of rotatable bonds is 6. The Bertz CT molecular complexity index is 1270. The fraction of sp³-hybridized carbons (Fsp3) is 0.333. The second kappa shape index (κ2) is 9.67. The summed E-state index contributed by atoms with van der Waals surface area (Å²) in [4.78, 5) is 17.3. The van der Waals surface area contributed by atoms with Crippen LogP contribution < -0.4 is 4.74 Å². The summed E-state index contributed by atoms with van der Waals surface area (Å²) >= 11 is 6.29. The monoisotopic (exact) mass is 488 g/mol. The number of methoxy groups -OCH3 is 1. The van der Waals surface area contributed by atoms with Gasteiger partial charge in [-0.1, -0.05) is 29.3 Å². The van der Waals surface area contributed by atoms with Gasteiger partial charge in [-0.25, -0.2) is 13.4 Å². The summed E-state index contributed by atoms with van der Waals surface area (Å²) in [6.45, 7) is 2.46. The maximum Gasteiger partial charge on any atom is 0.309 e. The van der Waals surface area contributed by atoms with E-state index in [4.69, 9.17) is 21.1 Å². The topological polar surface area (TPSA) is 85.8 Å². The number of halogens is 1. The van der Waals surface area contributed by atoms with Crippen LogP contribution in [0.25, 0.3) is 10.9 Å². The van der Waals surface area contributed by atoms with Crippen LogP contribution in [-0.4, -0.2) is 43.9 Å². The van der Waals surface area contributed by atoms with Crippen LogP contribution in [0.3, 0.4) is 0 Å². The molecule has 0 amide bonds. The number of esters is 1. The van der Waals surface area contributed by atoms with E-state index < -0.39 is 10.0 Å². The molecule has 174 valence electrons. The van der Waals surface area contributed by atoms with Gasteiger partial charge in [-0.2, -0.15) is 4.31 Å². The number of ether oxygens (including phenoxy) is 2. The van der Waals surface area contributed by atoms with Crippen LogP contribution >= 0.6 is 11.6 Å². The van der Waals surface area contributed by atoms with E-state index in [1.807, 2.05) is 25.1 Å². The number of hydrogen-bond acceptors (Lipinski definition) is 6. The predicted molar refractivity (Wildman–Crippen MR) is 126 cm³/mol.